The molecule has 78 valence electrons. The highest BCUT2D eigenvalue weighted by molar-refractivity contribution is 5.77. The first-order valence-corrected chi connectivity index (χ1v) is 4.17. The van der Waals surface area contributed by atoms with Crippen molar-refractivity contribution in [1.29, 1.82) is 0 Å². The molecular weight excluding hydrogens is 186 g/mol. The van der Waals surface area contributed by atoms with Crippen LogP contribution in [0.25, 0.3) is 4.85 Å². The number of hydrogen-bond acceptors (Lipinski definition) is 4. The molecule has 0 amide bonds. The topological polar surface area (TPSA) is 57.0 Å². The van der Waals surface area contributed by atoms with Gasteiger partial charge in [-0.3, -0.25) is 4.79 Å². The van der Waals surface area contributed by atoms with Crippen molar-refractivity contribution in [3.05, 3.63) is 11.4 Å². The monoisotopic (exact) mass is 199 g/mol. The van der Waals surface area contributed by atoms with Crippen molar-refractivity contribution in [1.82, 2.24) is 0 Å². The van der Waals surface area contributed by atoms with Crippen LogP contribution in [0.2, 0.25) is 0 Å². The van der Waals surface area contributed by atoms with E-state index in [9.17, 15) is 9.59 Å². The summed E-state index contributed by atoms with van der Waals surface area (Å²) in [5.41, 5.74) is 0. The smallest absolute Gasteiger partial charge is 0.389 e. The Balaban J connectivity index is 3.81. The van der Waals surface area contributed by atoms with Crippen LogP contribution in [0.4, 0.5) is 0 Å². The average molecular weight is 199 g/mol. The van der Waals surface area contributed by atoms with Crippen molar-refractivity contribution in [2.75, 3.05) is 14.2 Å². The molecule has 0 N–H and O–H groups in total. The van der Waals surface area contributed by atoms with Crippen LogP contribution in [0.3, 0.4) is 0 Å². The number of hydrogen-bond donors (Lipinski definition) is 0. The molecule has 14 heavy (non-hydrogen) atoms. The number of nitrogens with zero attached hydrogens (tertiary/aromatic N) is 1. The van der Waals surface area contributed by atoms with Crippen LogP contribution in [0, 0.1) is 6.57 Å². The number of methoxy groups -OCH3 is 2. The fourth-order valence-corrected chi connectivity index (χ4v) is 0.913. The molecular formula is C9H13NO4. The van der Waals surface area contributed by atoms with Gasteiger partial charge >= 0.3 is 18.0 Å². The second-order valence-corrected chi connectivity index (χ2v) is 2.64. The van der Waals surface area contributed by atoms with Gasteiger partial charge in [-0.25, -0.2) is 11.4 Å². The first-order valence-electron chi connectivity index (χ1n) is 4.17. The molecule has 0 saturated heterocycles. The summed E-state index contributed by atoms with van der Waals surface area (Å²) in [5, 5.41) is 0. The molecule has 0 saturated carbocycles. The Kier molecular flexibility index (Phi) is 6.12. The zero-order valence-electron chi connectivity index (χ0n) is 8.28. The molecule has 0 heterocycles. The van der Waals surface area contributed by atoms with E-state index in [1.165, 1.54) is 14.2 Å². The predicted molar refractivity (Wildman–Crippen MR) is 48.3 cm³/mol. The van der Waals surface area contributed by atoms with E-state index in [0.717, 1.165) is 0 Å². The van der Waals surface area contributed by atoms with Gasteiger partial charge in [0.05, 0.1) is 14.2 Å². The second kappa shape index (κ2) is 6.89. The fourth-order valence-electron chi connectivity index (χ4n) is 0.913. The summed E-state index contributed by atoms with van der Waals surface area (Å²) < 4.78 is 8.84. The fraction of sp³-hybridized carbons (Fsp3) is 0.667. The standard InChI is InChI=1S/C9H13NO4/c1-10-7(9(12)14-3)5-4-6-8(11)13-2/h7H,4-6H2,2-3H3/t7-/m0/s1. The molecule has 0 radical (unpaired) electrons. The van der Waals surface area contributed by atoms with Crippen LogP contribution in [0.1, 0.15) is 19.3 Å². The summed E-state index contributed by atoms with van der Waals surface area (Å²) in [6.07, 6.45) is 1.000. The van der Waals surface area contributed by atoms with Crippen LogP contribution >= 0.6 is 0 Å². The first-order chi connectivity index (χ1) is 6.65. The third-order valence-electron chi connectivity index (χ3n) is 1.72. The van der Waals surface area contributed by atoms with E-state index in [1.807, 2.05) is 0 Å². The van der Waals surface area contributed by atoms with Crippen molar-refractivity contribution in [2.24, 2.45) is 0 Å². The van der Waals surface area contributed by atoms with E-state index < -0.39 is 12.0 Å². The van der Waals surface area contributed by atoms with Crippen molar-refractivity contribution in [2.45, 2.75) is 25.3 Å². The lowest BCUT2D eigenvalue weighted by Crippen LogP contribution is -2.18. The van der Waals surface area contributed by atoms with Gasteiger partial charge in [0.25, 0.3) is 0 Å². The van der Waals surface area contributed by atoms with Crippen LogP contribution in [-0.4, -0.2) is 32.2 Å². The lowest BCUT2D eigenvalue weighted by molar-refractivity contribution is -0.143. The summed E-state index contributed by atoms with van der Waals surface area (Å²) in [6, 6.07) is -0.801. The molecule has 0 aliphatic rings. The molecule has 1 atom stereocenters. The van der Waals surface area contributed by atoms with E-state index in [-0.39, 0.29) is 12.4 Å². The lowest BCUT2D eigenvalue weighted by atomic mass is 10.1. The molecule has 0 aromatic heterocycles. The van der Waals surface area contributed by atoms with Gasteiger partial charge in [-0.05, 0) is 6.42 Å². The van der Waals surface area contributed by atoms with Crippen molar-refractivity contribution in [3.8, 4) is 0 Å². The highest BCUT2D eigenvalue weighted by Gasteiger charge is 2.23. The Morgan fingerprint density at radius 3 is 2.43 bits per heavy atom. The molecule has 0 aliphatic carbocycles. The number of rotatable bonds is 5. The Hall–Kier alpha value is -1.57. The molecule has 0 aromatic carbocycles. The molecule has 0 unspecified atom stereocenters. The third-order valence-corrected chi connectivity index (χ3v) is 1.72. The molecule has 0 bridgehead atoms. The highest BCUT2D eigenvalue weighted by atomic mass is 16.5. The third kappa shape index (κ3) is 4.45. The second-order valence-electron chi connectivity index (χ2n) is 2.64. The van der Waals surface area contributed by atoms with Gasteiger partial charge in [-0.1, -0.05) is 0 Å². The van der Waals surface area contributed by atoms with Crippen molar-refractivity contribution < 1.29 is 19.1 Å². The predicted octanol–water partition coefficient (Wildman–Crippen LogP) is 0.791. The average Bonchev–Trinajstić information content (AvgIpc) is 2.22. The van der Waals surface area contributed by atoms with E-state index in [0.29, 0.717) is 12.8 Å². The van der Waals surface area contributed by atoms with Crippen molar-refractivity contribution in [3.63, 3.8) is 0 Å². The van der Waals surface area contributed by atoms with Crippen LogP contribution < -0.4 is 0 Å². The molecule has 5 heteroatoms. The van der Waals surface area contributed by atoms with Crippen molar-refractivity contribution >= 4 is 11.9 Å². The van der Waals surface area contributed by atoms with Crippen LogP contribution in [0.5, 0.6) is 0 Å². The van der Waals surface area contributed by atoms with Gasteiger partial charge in [0.2, 0.25) is 0 Å². The summed E-state index contributed by atoms with van der Waals surface area (Å²) in [7, 11) is 2.54. The molecule has 0 spiro atoms. The SMILES string of the molecule is [C-]#[N+][C@@H](CCCC(=O)OC)C(=O)OC. The van der Waals surface area contributed by atoms with E-state index >= 15 is 0 Å². The summed E-state index contributed by atoms with van der Waals surface area (Å²) >= 11 is 0. The maximum Gasteiger partial charge on any atom is 0.389 e. The molecule has 0 aliphatic heterocycles. The summed E-state index contributed by atoms with van der Waals surface area (Å²) in [5.74, 6) is -0.886. The maximum atomic E-state index is 10.9. The van der Waals surface area contributed by atoms with Gasteiger partial charge in [0, 0.05) is 12.8 Å². The normalized spacial score (nSPS) is 11.2. The van der Waals surface area contributed by atoms with E-state index in [4.69, 9.17) is 6.57 Å². The number of esters is 2. The van der Waals surface area contributed by atoms with Gasteiger partial charge in [-0.15, -0.1) is 0 Å². The minimum atomic E-state index is -0.801. The number of carbonyl (C=O) groups excluding carboxylic acids is 2. The lowest BCUT2D eigenvalue weighted by Gasteiger charge is -2.02. The number of ether oxygens (including phenoxy) is 2. The summed E-state index contributed by atoms with van der Waals surface area (Å²) in [6.45, 7) is 6.73. The quantitative estimate of drug-likeness (QED) is 0.485. The molecule has 0 rings (SSSR count). The Morgan fingerprint density at radius 2 is 2.00 bits per heavy atom. The van der Waals surface area contributed by atoms with E-state index in [1.54, 1.807) is 0 Å². The highest BCUT2D eigenvalue weighted by Crippen LogP contribution is 2.07. The largest absolute Gasteiger partial charge is 0.469 e. The zero-order chi connectivity index (χ0) is 11.0. The zero-order valence-corrected chi connectivity index (χ0v) is 8.28. The molecule has 0 aromatic rings. The minimum absolute atomic E-state index is 0.222. The minimum Gasteiger partial charge on any atom is -0.469 e. The maximum absolute atomic E-state index is 10.9. The van der Waals surface area contributed by atoms with Crippen LogP contribution in [0.15, 0.2) is 0 Å². The Morgan fingerprint density at radius 1 is 1.36 bits per heavy atom. The van der Waals surface area contributed by atoms with E-state index in [2.05, 4.69) is 14.3 Å². The molecule has 5 nitrogen and oxygen atoms in total. The summed E-state index contributed by atoms with van der Waals surface area (Å²) in [4.78, 5) is 24.7. The first kappa shape index (κ1) is 12.4. The Labute approximate surface area is 82.8 Å². The van der Waals surface area contributed by atoms with Gasteiger partial charge < -0.3 is 14.3 Å². The molecule has 0 fully saturated rings. The Bertz CT molecular complexity index is 244. The number of carbonyl (C=O) groups is 2. The van der Waals surface area contributed by atoms with Gasteiger partial charge in [-0.2, -0.15) is 0 Å². The van der Waals surface area contributed by atoms with Crippen LogP contribution in [-0.2, 0) is 19.1 Å². The van der Waals surface area contributed by atoms with Gasteiger partial charge in [0.1, 0.15) is 0 Å². The van der Waals surface area contributed by atoms with Gasteiger partial charge in [0.15, 0.2) is 0 Å².